The van der Waals surface area contributed by atoms with Crippen molar-refractivity contribution >= 4 is 5.69 Å². The monoisotopic (exact) mass is 337 g/mol. The third kappa shape index (κ3) is 7.65. The molecule has 0 aliphatic carbocycles. The minimum Gasteiger partial charge on any atom is -0.385 e. The van der Waals surface area contributed by atoms with Crippen LogP contribution in [0.4, 0.5) is 5.69 Å². The van der Waals surface area contributed by atoms with Crippen LogP contribution in [0.2, 0.25) is 0 Å². The van der Waals surface area contributed by atoms with Crippen LogP contribution in [-0.2, 0) is 14.2 Å². The summed E-state index contributed by atoms with van der Waals surface area (Å²) in [5, 5.41) is 3.53. The zero-order valence-electron chi connectivity index (χ0n) is 15.8. The van der Waals surface area contributed by atoms with Crippen LogP contribution in [0.15, 0.2) is 30.3 Å². The highest BCUT2D eigenvalue weighted by Gasteiger charge is 2.33. The fraction of sp³-hybridized carbons (Fsp3) is 0.700. The van der Waals surface area contributed by atoms with Crippen LogP contribution < -0.4 is 5.32 Å². The van der Waals surface area contributed by atoms with Gasteiger partial charge in [0, 0.05) is 40.0 Å². The summed E-state index contributed by atoms with van der Waals surface area (Å²) >= 11 is 0. The first-order chi connectivity index (χ1) is 11.7. The SMILES string of the molecule is CCCCCCCC(CNc1ccccc1)CC(OC)(OC)OC. The molecular weight excluding hydrogens is 302 g/mol. The quantitative estimate of drug-likeness (QED) is 0.380. The number of ether oxygens (including phenoxy) is 3. The molecule has 4 heteroatoms. The second-order valence-electron chi connectivity index (χ2n) is 6.32. The summed E-state index contributed by atoms with van der Waals surface area (Å²) in [5.74, 6) is -0.529. The first-order valence-corrected chi connectivity index (χ1v) is 9.14. The predicted octanol–water partition coefficient (Wildman–Crippen LogP) is 5.06. The van der Waals surface area contributed by atoms with E-state index in [4.69, 9.17) is 14.2 Å². The van der Waals surface area contributed by atoms with Gasteiger partial charge in [-0.25, -0.2) is 0 Å². The van der Waals surface area contributed by atoms with E-state index in [1.807, 2.05) is 18.2 Å². The number of rotatable bonds is 14. The Morgan fingerprint density at radius 2 is 1.54 bits per heavy atom. The molecule has 1 aromatic rings. The lowest BCUT2D eigenvalue weighted by Gasteiger charge is -2.32. The van der Waals surface area contributed by atoms with Gasteiger partial charge in [0.25, 0.3) is 5.97 Å². The minimum absolute atomic E-state index is 0.423. The van der Waals surface area contributed by atoms with Crippen LogP contribution in [-0.4, -0.2) is 33.8 Å². The molecule has 0 aliphatic rings. The molecule has 1 rings (SSSR count). The molecule has 138 valence electrons. The summed E-state index contributed by atoms with van der Waals surface area (Å²) in [7, 11) is 4.90. The molecule has 0 fully saturated rings. The second-order valence-corrected chi connectivity index (χ2v) is 6.32. The van der Waals surface area contributed by atoms with Crippen molar-refractivity contribution < 1.29 is 14.2 Å². The lowest BCUT2D eigenvalue weighted by molar-refractivity contribution is -0.359. The summed E-state index contributed by atoms with van der Waals surface area (Å²) in [5.41, 5.74) is 1.14. The number of nitrogens with one attached hydrogen (secondary N) is 1. The van der Waals surface area contributed by atoms with Gasteiger partial charge in [-0.2, -0.15) is 0 Å². The highest BCUT2D eigenvalue weighted by molar-refractivity contribution is 5.42. The second kappa shape index (κ2) is 12.3. The fourth-order valence-corrected chi connectivity index (χ4v) is 2.98. The number of benzene rings is 1. The average molecular weight is 338 g/mol. The van der Waals surface area contributed by atoms with E-state index < -0.39 is 5.97 Å². The summed E-state index contributed by atoms with van der Waals surface area (Å²) in [6, 6.07) is 10.3. The van der Waals surface area contributed by atoms with Crippen LogP contribution in [0.5, 0.6) is 0 Å². The molecule has 0 aromatic heterocycles. The molecule has 0 radical (unpaired) electrons. The van der Waals surface area contributed by atoms with Crippen LogP contribution in [0.25, 0.3) is 0 Å². The zero-order valence-corrected chi connectivity index (χ0v) is 15.8. The normalized spacial score (nSPS) is 13.0. The standard InChI is InChI=1S/C20H35NO3/c1-5-6-7-8-10-13-18(16-20(22-2,23-3)24-4)17-21-19-14-11-9-12-15-19/h9,11-12,14-15,18,21H,5-8,10,13,16-17H2,1-4H3. The molecule has 1 N–H and O–H groups in total. The number of anilines is 1. The van der Waals surface area contributed by atoms with Crippen molar-refractivity contribution in [2.45, 2.75) is 57.8 Å². The largest absolute Gasteiger partial charge is 0.385 e. The van der Waals surface area contributed by atoms with Crippen molar-refractivity contribution in [3.8, 4) is 0 Å². The van der Waals surface area contributed by atoms with Crippen LogP contribution in [0, 0.1) is 5.92 Å². The van der Waals surface area contributed by atoms with Crippen molar-refractivity contribution in [2.75, 3.05) is 33.2 Å². The molecule has 1 unspecified atom stereocenters. The molecule has 0 saturated carbocycles. The van der Waals surface area contributed by atoms with Crippen LogP contribution >= 0.6 is 0 Å². The van der Waals surface area contributed by atoms with Crippen molar-refractivity contribution in [2.24, 2.45) is 5.92 Å². The maximum atomic E-state index is 5.49. The molecule has 0 amide bonds. The Morgan fingerprint density at radius 3 is 2.12 bits per heavy atom. The van der Waals surface area contributed by atoms with Gasteiger partial charge in [0.2, 0.25) is 0 Å². The van der Waals surface area contributed by atoms with E-state index in [0.717, 1.165) is 18.7 Å². The lowest BCUT2D eigenvalue weighted by atomic mass is 9.95. The maximum absolute atomic E-state index is 5.49. The Morgan fingerprint density at radius 1 is 0.917 bits per heavy atom. The van der Waals surface area contributed by atoms with Crippen molar-refractivity contribution in [1.82, 2.24) is 0 Å². The first kappa shape index (κ1) is 20.9. The Kier molecular flexibility index (Phi) is 10.7. The van der Waals surface area contributed by atoms with E-state index >= 15 is 0 Å². The highest BCUT2D eigenvalue weighted by atomic mass is 16.9. The van der Waals surface area contributed by atoms with Gasteiger partial charge in [-0.1, -0.05) is 57.2 Å². The Balaban J connectivity index is 2.57. The lowest BCUT2D eigenvalue weighted by Crippen LogP contribution is -2.39. The summed E-state index contributed by atoms with van der Waals surface area (Å²) in [6.07, 6.45) is 8.29. The van der Waals surface area contributed by atoms with E-state index in [-0.39, 0.29) is 0 Å². The number of hydrogen-bond donors (Lipinski definition) is 1. The van der Waals surface area contributed by atoms with Gasteiger partial charge in [-0.3, -0.25) is 0 Å². The molecule has 0 aliphatic heterocycles. The Hall–Kier alpha value is -1.10. The number of unbranched alkanes of at least 4 members (excludes halogenated alkanes) is 4. The first-order valence-electron chi connectivity index (χ1n) is 9.14. The Labute approximate surface area is 147 Å². The summed E-state index contributed by atoms with van der Waals surface area (Å²) in [4.78, 5) is 0. The maximum Gasteiger partial charge on any atom is 0.282 e. The van der Waals surface area contributed by atoms with Gasteiger partial charge in [0.05, 0.1) is 0 Å². The van der Waals surface area contributed by atoms with Gasteiger partial charge in [-0.05, 0) is 24.5 Å². The molecule has 24 heavy (non-hydrogen) atoms. The molecule has 0 saturated heterocycles. The molecule has 4 nitrogen and oxygen atoms in total. The van der Waals surface area contributed by atoms with Crippen molar-refractivity contribution in [1.29, 1.82) is 0 Å². The van der Waals surface area contributed by atoms with E-state index in [1.54, 1.807) is 21.3 Å². The number of hydrogen-bond acceptors (Lipinski definition) is 4. The highest BCUT2D eigenvalue weighted by Crippen LogP contribution is 2.27. The van der Waals surface area contributed by atoms with Gasteiger partial charge in [0.15, 0.2) is 0 Å². The van der Waals surface area contributed by atoms with Gasteiger partial charge in [0.1, 0.15) is 0 Å². The fourth-order valence-electron chi connectivity index (χ4n) is 2.98. The van der Waals surface area contributed by atoms with Gasteiger partial charge < -0.3 is 19.5 Å². The molecule has 1 atom stereocenters. The number of para-hydroxylation sites is 1. The molecule has 1 aromatic carbocycles. The summed E-state index contributed by atoms with van der Waals surface area (Å²) in [6.45, 7) is 3.13. The van der Waals surface area contributed by atoms with E-state index in [9.17, 15) is 0 Å². The topological polar surface area (TPSA) is 39.7 Å². The van der Waals surface area contributed by atoms with Gasteiger partial charge >= 0.3 is 0 Å². The average Bonchev–Trinajstić information content (AvgIpc) is 2.64. The minimum atomic E-state index is -0.952. The van der Waals surface area contributed by atoms with E-state index in [0.29, 0.717) is 12.3 Å². The third-order valence-electron chi connectivity index (χ3n) is 4.56. The van der Waals surface area contributed by atoms with Gasteiger partial charge in [-0.15, -0.1) is 0 Å². The van der Waals surface area contributed by atoms with E-state index in [2.05, 4.69) is 24.4 Å². The molecule has 0 heterocycles. The molecule has 0 bridgehead atoms. The smallest absolute Gasteiger partial charge is 0.282 e. The van der Waals surface area contributed by atoms with Crippen LogP contribution in [0.1, 0.15) is 51.9 Å². The summed E-state index contributed by atoms with van der Waals surface area (Å²) < 4.78 is 16.5. The predicted molar refractivity (Wildman–Crippen MR) is 100 cm³/mol. The number of methoxy groups -OCH3 is 3. The zero-order chi connectivity index (χ0) is 17.7. The van der Waals surface area contributed by atoms with Crippen molar-refractivity contribution in [3.63, 3.8) is 0 Å². The third-order valence-corrected chi connectivity index (χ3v) is 4.56. The van der Waals surface area contributed by atoms with Crippen molar-refractivity contribution in [3.05, 3.63) is 30.3 Å². The molecule has 0 spiro atoms. The Bertz CT molecular complexity index is 398. The van der Waals surface area contributed by atoms with E-state index in [1.165, 1.54) is 32.1 Å². The van der Waals surface area contributed by atoms with Crippen LogP contribution in [0.3, 0.4) is 0 Å². The molecular formula is C20H35NO3.